The second-order valence-corrected chi connectivity index (χ2v) is 3.95. The SMILES string of the molecule is CCN(CC)B(OC(C)C)N(CC)CC. The van der Waals surface area contributed by atoms with Crippen LogP contribution < -0.4 is 0 Å². The lowest BCUT2D eigenvalue weighted by Gasteiger charge is -2.34. The normalized spacial score (nSPS) is 11.8. The molecule has 0 aromatic heterocycles. The molecule has 0 fully saturated rings. The third-order valence-electron chi connectivity index (χ3n) is 2.64. The van der Waals surface area contributed by atoms with Crippen molar-refractivity contribution in [3.8, 4) is 0 Å². The van der Waals surface area contributed by atoms with Crippen LogP contribution in [-0.2, 0) is 4.65 Å². The quantitative estimate of drug-likeness (QED) is 0.575. The van der Waals surface area contributed by atoms with Gasteiger partial charge in [0, 0.05) is 6.10 Å². The van der Waals surface area contributed by atoms with Crippen LogP contribution in [0.3, 0.4) is 0 Å². The molecule has 0 aliphatic heterocycles. The van der Waals surface area contributed by atoms with E-state index in [2.05, 4.69) is 51.2 Å². The van der Waals surface area contributed by atoms with E-state index < -0.39 is 0 Å². The smallest absolute Gasteiger partial charge is 0.406 e. The predicted molar refractivity (Wildman–Crippen MR) is 67.8 cm³/mol. The lowest BCUT2D eigenvalue weighted by atomic mass is 9.92. The van der Waals surface area contributed by atoms with Gasteiger partial charge in [0.2, 0.25) is 0 Å². The molecule has 3 nitrogen and oxygen atoms in total. The van der Waals surface area contributed by atoms with Gasteiger partial charge in [-0.3, -0.25) is 0 Å². The van der Waals surface area contributed by atoms with E-state index in [1.54, 1.807) is 0 Å². The van der Waals surface area contributed by atoms with Crippen LogP contribution in [0.25, 0.3) is 0 Å². The van der Waals surface area contributed by atoms with Crippen LogP contribution in [0.5, 0.6) is 0 Å². The lowest BCUT2D eigenvalue weighted by Crippen LogP contribution is -2.55. The average molecular weight is 214 g/mol. The highest BCUT2D eigenvalue weighted by atomic mass is 16.5. The van der Waals surface area contributed by atoms with Crippen LogP contribution in [0.1, 0.15) is 41.5 Å². The fourth-order valence-corrected chi connectivity index (χ4v) is 1.72. The maximum absolute atomic E-state index is 5.99. The van der Waals surface area contributed by atoms with Crippen molar-refractivity contribution < 1.29 is 4.65 Å². The molecule has 0 aromatic carbocycles. The van der Waals surface area contributed by atoms with Gasteiger partial charge in [0.25, 0.3) is 0 Å². The molecule has 0 aliphatic rings. The van der Waals surface area contributed by atoms with E-state index in [4.69, 9.17) is 4.65 Å². The Hall–Kier alpha value is -0.0551. The number of hydrogen-bond acceptors (Lipinski definition) is 3. The minimum absolute atomic E-state index is 0.134. The van der Waals surface area contributed by atoms with Gasteiger partial charge >= 0.3 is 7.19 Å². The molecule has 0 amide bonds. The fraction of sp³-hybridized carbons (Fsp3) is 1.00. The molecule has 0 unspecified atom stereocenters. The van der Waals surface area contributed by atoms with E-state index in [9.17, 15) is 0 Å². The molecule has 0 aliphatic carbocycles. The monoisotopic (exact) mass is 214 g/mol. The molecular formula is C11H27BN2O. The van der Waals surface area contributed by atoms with Gasteiger partial charge in [0.15, 0.2) is 0 Å². The first kappa shape index (κ1) is 14.9. The maximum Gasteiger partial charge on any atom is 0.479 e. The van der Waals surface area contributed by atoms with Crippen LogP contribution in [0.15, 0.2) is 0 Å². The highest BCUT2D eigenvalue weighted by Crippen LogP contribution is 2.06. The Kier molecular flexibility index (Phi) is 8.11. The minimum atomic E-state index is 0.134. The third kappa shape index (κ3) is 5.00. The molecule has 0 bridgehead atoms. The van der Waals surface area contributed by atoms with E-state index in [-0.39, 0.29) is 13.3 Å². The zero-order valence-electron chi connectivity index (χ0n) is 11.3. The first-order valence-electron chi connectivity index (χ1n) is 6.24. The van der Waals surface area contributed by atoms with Crippen LogP contribution in [0, 0.1) is 0 Å². The molecule has 0 aromatic rings. The van der Waals surface area contributed by atoms with Gasteiger partial charge in [0.05, 0.1) is 0 Å². The first-order chi connectivity index (χ1) is 7.10. The van der Waals surface area contributed by atoms with Crippen molar-refractivity contribution in [1.82, 2.24) is 9.62 Å². The zero-order chi connectivity index (χ0) is 11.8. The Morgan fingerprint density at radius 3 is 1.40 bits per heavy atom. The zero-order valence-corrected chi connectivity index (χ0v) is 11.3. The van der Waals surface area contributed by atoms with Gasteiger partial charge in [-0.2, -0.15) is 0 Å². The number of nitrogens with zero attached hydrogens (tertiary/aromatic N) is 2. The summed E-state index contributed by atoms with van der Waals surface area (Å²) in [5, 5.41) is 0. The summed E-state index contributed by atoms with van der Waals surface area (Å²) < 4.78 is 5.99. The van der Waals surface area contributed by atoms with E-state index in [1.807, 2.05) is 0 Å². The number of hydrogen-bond donors (Lipinski definition) is 0. The molecule has 4 heteroatoms. The summed E-state index contributed by atoms with van der Waals surface area (Å²) in [6.45, 7) is 17.1. The summed E-state index contributed by atoms with van der Waals surface area (Å²) >= 11 is 0. The van der Waals surface area contributed by atoms with Crippen LogP contribution in [-0.4, -0.2) is 49.1 Å². The van der Waals surface area contributed by atoms with E-state index >= 15 is 0 Å². The lowest BCUT2D eigenvalue weighted by molar-refractivity contribution is 0.163. The van der Waals surface area contributed by atoms with Crippen molar-refractivity contribution in [2.24, 2.45) is 0 Å². The third-order valence-corrected chi connectivity index (χ3v) is 2.64. The van der Waals surface area contributed by atoms with Crippen molar-refractivity contribution in [3.63, 3.8) is 0 Å². The summed E-state index contributed by atoms with van der Waals surface area (Å²) in [5.41, 5.74) is 0. The van der Waals surface area contributed by atoms with Crippen molar-refractivity contribution in [2.75, 3.05) is 26.2 Å². The molecule has 0 N–H and O–H groups in total. The maximum atomic E-state index is 5.99. The van der Waals surface area contributed by atoms with Crippen LogP contribution >= 0.6 is 0 Å². The summed E-state index contributed by atoms with van der Waals surface area (Å²) in [6.07, 6.45) is 0.274. The van der Waals surface area contributed by atoms with E-state index in [0.717, 1.165) is 26.2 Å². The molecule has 0 radical (unpaired) electrons. The highest BCUT2D eigenvalue weighted by Gasteiger charge is 2.30. The summed E-state index contributed by atoms with van der Waals surface area (Å²) in [4.78, 5) is 4.71. The topological polar surface area (TPSA) is 15.7 Å². The first-order valence-corrected chi connectivity index (χ1v) is 6.24. The standard InChI is InChI=1S/C11H27BN2O/c1-7-13(8-2)12(15-11(5)6)14(9-3)10-4/h11H,7-10H2,1-6H3. The Bertz CT molecular complexity index is 136. The number of rotatable bonds is 8. The molecule has 0 saturated carbocycles. The van der Waals surface area contributed by atoms with Gasteiger partial charge in [-0.05, 0) is 40.0 Å². The van der Waals surface area contributed by atoms with Gasteiger partial charge in [0.1, 0.15) is 0 Å². The largest absolute Gasteiger partial charge is 0.479 e. The molecule has 0 heterocycles. The van der Waals surface area contributed by atoms with Gasteiger partial charge < -0.3 is 14.3 Å². The summed E-state index contributed by atoms with van der Waals surface area (Å²) in [6, 6.07) is 0. The highest BCUT2D eigenvalue weighted by molar-refractivity contribution is 6.45. The van der Waals surface area contributed by atoms with E-state index in [0.29, 0.717) is 0 Å². The Morgan fingerprint density at radius 2 is 1.20 bits per heavy atom. The van der Waals surface area contributed by atoms with Crippen LogP contribution in [0.4, 0.5) is 0 Å². The van der Waals surface area contributed by atoms with Gasteiger partial charge in [-0.25, -0.2) is 0 Å². The Labute approximate surface area is 95.9 Å². The van der Waals surface area contributed by atoms with Crippen LogP contribution in [0.2, 0.25) is 0 Å². The summed E-state index contributed by atoms with van der Waals surface area (Å²) in [5.74, 6) is 0. The Balaban J connectivity index is 4.52. The van der Waals surface area contributed by atoms with E-state index in [1.165, 1.54) is 0 Å². The van der Waals surface area contributed by atoms with Gasteiger partial charge in [-0.1, -0.05) is 27.7 Å². The molecule has 0 atom stereocenters. The predicted octanol–water partition coefficient (Wildman–Crippen LogP) is 2.08. The second kappa shape index (κ2) is 8.14. The molecule has 0 spiro atoms. The Morgan fingerprint density at radius 1 is 0.867 bits per heavy atom. The van der Waals surface area contributed by atoms with Crippen molar-refractivity contribution in [3.05, 3.63) is 0 Å². The average Bonchev–Trinajstić information content (AvgIpc) is 2.20. The molecular weight excluding hydrogens is 187 g/mol. The summed E-state index contributed by atoms with van der Waals surface area (Å²) in [7, 11) is 0.134. The van der Waals surface area contributed by atoms with Gasteiger partial charge in [-0.15, -0.1) is 0 Å². The molecule has 15 heavy (non-hydrogen) atoms. The minimum Gasteiger partial charge on any atom is -0.406 e. The fourth-order valence-electron chi connectivity index (χ4n) is 1.72. The van der Waals surface area contributed by atoms with Crippen molar-refractivity contribution in [1.29, 1.82) is 0 Å². The molecule has 90 valence electrons. The molecule has 0 rings (SSSR count). The van der Waals surface area contributed by atoms with Crippen molar-refractivity contribution in [2.45, 2.75) is 47.6 Å². The molecule has 0 saturated heterocycles. The second-order valence-electron chi connectivity index (χ2n) is 3.95. The van der Waals surface area contributed by atoms with Crippen molar-refractivity contribution >= 4 is 7.19 Å².